The number of allylic oxidation sites excluding steroid dienone is 1. The molecule has 2 N–H and O–H groups in total. The van der Waals surface area contributed by atoms with Gasteiger partial charge in [-0.15, -0.1) is 0 Å². The van der Waals surface area contributed by atoms with Gasteiger partial charge < -0.3 is 10.6 Å². The summed E-state index contributed by atoms with van der Waals surface area (Å²) in [6.07, 6.45) is 4.94. The number of carbonyl (C=O) groups is 3. The lowest BCUT2D eigenvalue weighted by Crippen LogP contribution is -2.30. The van der Waals surface area contributed by atoms with E-state index in [2.05, 4.69) is 52.5 Å². The highest BCUT2D eigenvalue weighted by Crippen LogP contribution is 2.17. The molecule has 4 rings (SSSR count). The zero-order valence-electron chi connectivity index (χ0n) is 22.2. The van der Waals surface area contributed by atoms with Crippen molar-refractivity contribution in [2.75, 3.05) is 5.32 Å². The first-order valence-corrected chi connectivity index (χ1v) is 13.7. The van der Waals surface area contributed by atoms with Crippen molar-refractivity contribution in [1.29, 1.82) is 0 Å². The summed E-state index contributed by atoms with van der Waals surface area (Å²) >= 11 is 3.40. The number of anilines is 1. The van der Waals surface area contributed by atoms with Crippen LogP contribution in [0.25, 0.3) is 12.2 Å². The molecule has 40 heavy (non-hydrogen) atoms. The second kappa shape index (κ2) is 13.5. The van der Waals surface area contributed by atoms with Gasteiger partial charge in [0.05, 0.1) is 0 Å². The molecule has 0 radical (unpaired) electrons. The monoisotopic (exact) mass is 592 g/mol. The number of halogens is 1. The zero-order valence-corrected chi connectivity index (χ0v) is 23.8. The van der Waals surface area contributed by atoms with Crippen LogP contribution in [0.1, 0.15) is 57.2 Å². The van der Waals surface area contributed by atoms with E-state index in [1.165, 1.54) is 11.6 Å². The van der Waals surface area contributed by atoms with Gasteiger partial charge in [0.1, 0.15) is 5.70 Å². The first-order chi connectivity index (χ1) is 19.3. The molecule has 0 aliphatic rings. The number of ketones is 1. The fourth-order valence-electron chi connectivity index (χ4n) is 3.84. The lowest BCUT2D eigenvalue weighted by Gasteiger charge is -2.12. The van der Waals surface area contributed by atoms with E-state index in [0.29, 0.717) is 22.7 Å². The third-order valence-corrected chi connectivity index (χ3v) is 6.70. The Balaban J connectivity index is 1.46. The van der Waals surface area contributed by atoms with Crippen LogP contribution in [0.2, 0.25) is 0 Å². The molecule has 4 aromatic rings. The molecule has 2 amide bonds. The Labute approximate surface area is 242 Å². The van der Waals surface area contributed by atoms with Gasteiger partial charge in [-0.3, -0.25) is 14.4 Å². The van der Waals surface area contributed by atoms with E-state index in [4.69, 9.17) is 0 Å². The van der Waals surface area contributed by atoms with Crippen LogP contribution in [0.3, 0.4) is 0 Å². The van der Waals surface area contributed by atoms with E-state index in [1.54, 1.807) is 60.7 Å². The number of hydrogen-bond donors (Lipinski definition) is 2. The second-order valence-corrected chi connectivity index (χ2v) is 10.4. The molecule has 0 heterocycles. The van der Waals surface area contributed by atoms with Crippen LogP contribution in [0.4, 0.5) is 5.69 Å². The number of hydrogen-bond acceptors (Lipinski definition) is 3. The molecular formula is C34H29BrN2O3. The summed E-state index contributed by atoms with van der Waals surface area (Å²) in [5.41, 5.74) is 4.45. The maximum atomic E-state index is 13.2. The second-order valence-electron chi connectivity index (χ2n) is 9.48. The summed E-state index contributed by atoms with van der Waals surface area (Å²) in [4.78, 5) is 38.7. The summed E-state index contributed by atoms with van der Waals surface area (Å²) in [7, 11) is 0. The number of amides is 2. The van der Waals surface area contributed by atoms with E-state index in [9.17, 15) is 14.4 Å². The summed E-state index contributed by atoms with van der Waals surface area (Å²) in [6, 6.07) is 30.8. The van der Waals surface area contributed by atoms with E-state index < -0.39 is 11.8 Å². The topological polar surface area (TPSA) is 75.3 Å². The average molecular weight is 594 g/mol. The molecule has 0 aliphatic carbocycles. The maximum Gasteiger partial charge on any atom is 0.272 e. The van der Waals surface area contributed by atoms with Crippen molar-refractivity contribution >= 4 is 51.4 Å². The molecule has 0 saturated carbocycles. The minimum atomic E-state index is -0.490. The fraction of sp³-hybridized carbons (Fsp3) is 0.0882. The van der Waals surface area contributed by atoms with Gasteiger partial charge >= 0.3 is 0 Å². The highest BCUT2D eigenvalue weighted by Gasteiger charge is 2.15. The van der Waals surface area contributed by atoms with Crippen molar-refractivity contribution in [3.05, 3.63) is 147 Å². The van der Waals surface area contributed by atoms with Crippen molar-refractivity contribution in [2.45, 2.75) is 19.8 Å². The third-order valence-electron chi connectivity index (χ3n) is 6.17. The number of nitrogens with one attached hydrogen (secondary N) is 2. The van der Waals surface area contributed by atoms with Crippen LogP contribution in [0, 0.1) is 0 Å². The van der Waals surface area contributed by atoms with Crippen molar-refractivity contribution < 1.29 is 14.4 Å². The van der Waals surface area contributed by atoms with Crippen LogP contribution in [0.15, 0.2) is 119 Å². The predicted octanol–water partition coefficient (Wildman–Crippen LogP) is 7.88. The minimum Gasteiger partial charge on any atom is -0.321 e. The largest absolute Gasteiger partial charge is 0.321 e. The van der Waals surface area contributed by atoms with Gasteiger partial charge in [0.2, 0.25) is 0 Å². The number of rotatable bonds is 9. The Bertz CT molecular complexity index is 1540. The lowest BCUT2D eigenvalue weighted by molar-refractivity contribution is -0.113. The summed E-state index contributed by atoms with van der Waals surface area (Å²) in [6.45, 7) is 4.28. The molecule has 0 unspecified atom stereocenters. The molecule has 0 aromatic heterocycles. The Morgan fingerprint density at radius 3 is 1.98 bits per heavy atom. The van der Waals surface area contributed by atoms with Gasteiger partial charge in [-0.2, -0.15) is 0 Å². The van der Waals surface area contributed by atoms with Crippen LogP contribution in [-0.4, -0.2) is 17.6 Å². The van der Waals surface area contributed by atoms with Gasteiger partial charge in [-0.1, -0.05) is 90.5 Å². The quantitative estimate of drug-likeness (QED) is 0.153. The first-order valence-electron chi connectivity index (χ1n) is 12.9. The molecule has 4 aromatic carbocycles. The number of carbonyl (C=O) groups excluding carboxylic acids is 3. The van der Waals surface area contributed by atoms with Crippen molar-refractivity contribution in [3.8, 4) is 0 Å². The summed E-state index contributed by atoms with van der Waals surface area (Å²) < 4.78 is 0.900. The molecule has 0 fully saturated rings. The van der Waals surface area contributed by atoms with Crippen molar-refractivity contribution in [1.82, 2.24) is 5.32 Å². The normalized spacial score (nSPS) is 11.4. The first kappa shape index (κ1) is 28.5. The van der Waals surface area contributed by atoms with Gasteiger partial charge in [-0.25, -0.2) is 0 Å². The van der Waals surface area contributed by atoms with E-state index >= 15 is 0 Å². The molecule has 0 spiro atoms. The average Bonchev–Trinajstić information content (AvgIpc) is 2.97. The standard InChI is InChI=1S/C34H29BrN2O3/c1-23(2)26-13-8-24(9-14-26)12-21-32(38)27-15-19-30(20-16-27)36-34(40)31(22-25-10-17-29(35)18-11-25)37-33(39)28-6-4-3-5-7-28/h3-23H,1-2H3,(H,36,40)(H,37,39)/b21-12+,31-22-. The van der Waals surface area contributed by atoms with Crippen molar-refractivity contribution in [3.63, 3.8) is 0 Å². The molecule has 6 heteroatoms. The molecule has 5 nitrogen and oxygen atoms in total. The maximum absolute atomic E-state index is 13.2. The van der Waals surface area contributed by atoms with Gasteiger partial charge in [0.15, 0.2) is 5.78 Å². The van der Waals surface area contributed by atoms with Crippen LogP contribution in [-0.2, 0) is 4.79 Å². The molecule has 0 aliphatic heterocycles. The van der Waals surface area contributed by atoms with E-state index in [0.717, 1.165) is 15.6 Å². The minimum absolute atomic E-state index is 0.0859. The molecule has 0 saturated heterocycles. The van der Waals surface area contributed by atoms with E-state index in [-0.39, 0.29) is 11.5 Å². The molecule has 0 bridgehead atoms. The lowest BCUT2D eigenvalue weighted by atomic mass is 10.0. The summed E-state index contributed by atoms with van der Waals surface area (Å²) in [5, 5.41) is 5.53. The van der Waals surface area contributed by atoms with Gasteiger partial charge in [-0.05, 0) is 83.3 Å². The Hall–Kier alpha value is -4.55. The van der Waals surface area contributed by atoms with Gasteiger partial charge in [0.25, 0.3) is 11.8 Å². The predicted molar refractivity (Wildman–Crippen MR) is 165 cm³/mol. The van der Waals surface area contributed by atoms with Crippen molar-refractivity contribution in [2.24, 2.45) is 0 Å². The van der Waals surface area contributed by atoms with Gasteiger partial charge in [0, 0.05) is 21.3 Å². The van der Waals surface area contributed by atoms with E-state index in [1.807, 2.05) is 42.5 Å². The molecule has 0 atom stereocenters. The fourth-order valence-corrected chi connectivity index (χ4v) is 4.11. The Morgan fingerprint density at radius 1 is 0.725 bits per heavy atom. The Morgan fingerprint density at radius 2 is 1.35 bits per heavy atom. The number of benzene rings is 4. The van der Waals surface area contributed by atoms with Crippen LogP contribution in [0.5, 0.6) is 0 Å². The zero-order chi connectivity index (χ0) is 28.5. The van der Waals surface area contributed by atoms with Crippen LogP contribution >= 0.6 is 15.9 Å². The highest BCUT2D eigenvalue weighted by molar-refractivity contribution is 9.10. The summed E-state index contributed by atoms with van der Waals surface area (Å²) in [5.74, 6) is -0.579. The smallest absolute Gasteiger partial charge is 0.272 e. The molecular weight excluding hydrogens is 564 g/mol. The van der Waals surface area contributed by atoms with Crippen LogP contribution < -0.4 is 10.6 Å². The third kappa shape index (κ3) is 7.98. The molecule has 200 valence electrons. The SMILES string of the molecule is CC(C)c1ccc(/C=C/C(=O)c2ccc(NC(=O)/C(=C/c3ccc(Br)cc3)NC(=O)c3ccccc3)cc2)cc1. The highest BCUT2D eigenvalue weighted by atomic mass is 79.9. The Kier molecular flexibility index (Phi) is 9.60.